The van der Waals surface area contributed by atoms with Crippen LogP contribution < -0.4 is 0 Å². The average Bonchev–Trinajstić information content (AvgIpc) is 2.54. The van der Waals surface area contributed by atoms with E-state index >= 15 is 0 Å². The number of piperidine rings is 1. The van der Waals surface area contributed by atoms with Crippen LogP contribution in [0.1, 0.15) is 43.2 Å². The molecular formula is C19H26NO. The largest absolute Gasteiger partial charge is 0.383 e. The van der Waals surface area contributed by atoms with Crippen molar-refractivity contribution in [2.24, 2.45) is 5.92 Å². The fraction of sp³-hybridized carbons (Fsp3) is 0.684. The van der Waals surface area contributed by atoms with Crippen molar-refractivity contribution in [3.05, 3.63) is 35.4 Å². The Bertz CT molecular complexity index is 514. The first-order chi connectivity index (χ1) is 10.3. The van der Waals surface area contributed by atoms with Crippen LogP contribution in [-0.2, 0) is 16.6 Å². The van der Waals surface area contributed by atoms with Crippen LogP contribution in [0.2, 0.25) is 0 Å². The van der Waals surface area contributed by atoms with Gasteiger partial charge in [-0.2, -0.15) is 0 Å². The van der Waals surface area contributed by atoms with E-state index in [4.69, 9.17) is 4.74 Å². The fourth-order valence-corrected chi connectivity index (χ4v) is 5.46. The Morgan fingerprint density at radius 1 is 1.38 bits per heavy atom. The van der Waals surface area contributed by atoms with Gasteiger partial charge in [0.2, 0.25) is 0 Å². The Labute approximate surface area is 128 Å². The molecule has 2 aliphatic carbocycles. The van der Waals surface area contributed by atoms with Crippen molar-refractivity contribution in [1.82, 2.24) is 4.90 Å². The van der Waals surface area contributed by atoms with Crippen LogP contribution >= 0.6 is 0 Å². The molecule has 0 N–H and O–H groups in total. The summed E-state index contributed by atoms with van der Waals surface area (Å²) in [6, 6.07) is 10.9. The van der Waals surface area contributed by atoms with Crippen molar-refractivity contribution in [2.45, 2.75) is 50.0 Å². The number of hydrogen-bond acceptors (Lipinski definition) is 2. The predicted molar refractivity (Wildman–Crippen MR) is 84.5 cm³/mol. The lowest BCUT2D eigenvalue weighted by Crippen LogP contribution is -2.61. The minimum atomic E-state index is 0.470. The van der Waals surface area contributed by atoms with Gasteiger partial charge in [0, 0.05) is 25.1 Å². The first-order valence-corrected chi connectivity index (χ1v) is 8.57. The molecule has 2 bridgehead atoms. The van der Waals surface area contributed by atoms with E-state index in [1.54, 1.807) is 11.1 Å². The number of likely N-dealkylation sites (tertiary alicyclic amines) is 1. The van der Waals surface area contributed by atoms with E-state index < -0.39 is 0 Å². The zero-order valence-electron chi connectivity index (χ0n) is 13.1. The maximum absolute atomic E-state index is 5.34. The van der Waals surface area contributed by atoms with Crippen molar-refractivity contribution in [1.29, 1.82) is 0 Å². The molecule has 3 atom stereocenters. The first-order valence-electron chi connectivity index (χ1n) is 8.57. The van der Waals surface area contributed by atoms with Crippen LogP contribution in [0.25, 0.3) is 0 Å². The third kappa shape index (κ3) is 2.07. The number of methoxy groups -OCH3 is 1. The molecule has 1 heterocycles. The van der Waals surface area contributed by atoms with Crippen LogP contribution in [0.4, 0.5) is 0 Å². The molecule has 1 aromatic carbocycles. The highest BCUT2D eigenvalue weighted by molar-refractivity contribution is 5.40. The zero-order chi connectivity index (χ0) is 14.3. The summed E-state index contributed by atoms with van der Waals surface area (Å²) in [5.74, 6) is 0.861. The van der Waals surface area contributed by atoms with Gasteiger partial charge in [-0.15, -0.1) is 0 Å². The molecule has 0 unspecified atom stereocenters. The molecule has 3 aliphatic rings. The highest BCUT2D eigenvalue weighted by Crippen LogP contribution is 2.55. The maximum atomic E-state index is 5.34. The SMILES string of the molecule is COCCN1CC[C@]23CCCC[C@H]2[C@H]1Cc1cc[c]cc13. The quantitative estimate of drug-likeness (QED) is 0.845. The normalized spacial score (nSPS) is 35.1. The lowest BCUT2D eigenvalue weighted by molar-refractivity contribution is -0.0206. The van der Waals surface area contributed by atoms with Crippen molar-refractivity contribution in [3.63, 3.8) is 0 Å². The van der Waals surface area contributed by atoms with Crippen LogP contribution in [0.5, 0.6) is 0 Å². The second-order valence-corrected chi connectivity index (χ2v) is 7.14. The monoisotopic (exact) mass is 284 g/mol. The van der Waals surface area contributed by atoms with Crippen LogP contribution in [0, 0.1) is 12.0 Å². The summed E-state index contributed by atoms with van der Waals surface area (Å²) in [5, 5.41) is 0. The Balaban J connectivity index is 1.73. The molecule has 113 valence electrons. The third-order valence-electron chi connectivity index (χ3n) is 6.38. The predicted octanol–water partition coefficient (Wildman–Crippen LogP) is 3.19. The van der Waals surface area contributed by atoms with Gasteiger partial charge in [-0.3, -0.25) is 4.90 Å². The molecule has 1 saturated heterocycles. The summed E-state index contributed by atoms with van der Waals surface area (Å²) in [6.07, 6.45) is 8.23. The summed E-state index contributed by atoms with van der Waals surface area (Å²) in [5.41, 5.74) is 3.72. The summed E-state index contributed by atoms with van der Waals surface area (Å²) in [6.45, 7) is 3.21. The van der Waals surface area contributed by atoms with E-state index in [0.29, 0.717) is 5.41 Å². The second-order valence-electron chi connectivity index (χ2n) is 7.14. The number of hydrogen-bond donors (Lipinski definition) is 0. The van der Waals surface area contributed by atoms with E-state index in [1.165, 1.54) is 45.1 Å². The van der Waals surface area contributed by atoms with Gasteiger partial charge in [0.25, 0.3) is 0 Å². The van der Waals surface area contributed by atoms with E-state index in [2.05, 4.69) is 29.2 Å². The molecule has 1 aliphatic heterocycles. The van der Waals surface area contributed by atoms with Gasteiger partial charge in [0.1, 0.15) is 0 Å². The molecule has 2 heteroatoms. The minimum Gasteiger partial charge on any atom is -0.383 e. The Hall–Kier alpha value is -0.860. The molecule has 4 rings (SSSR count). The number of ether oxygens (including phenoxy) is 1. The highest BCUT2D eigenvalue weighted by atomic mass is 16.5. The van der Waals surface area contributed by atoms with E-state index in [-0.39, 0.29) is 0 Å². The second kappa shape index (κ2) is 5.40. The van der Waals surface area contributed by atoms with Gasteiger partial charge in [0.15, 0.2) is 0 Å². The number of rotatable bonds is 3. The topological polar surface area (TPSA) is 12.5 Å². The Morgan fingerprint density at radius 3 is 3.24 bits per heavy atom. The summed E-state index contributed by atoms with van der Waals surface area (Å²) >= 11 is 0. The number of fused-ring (bicyclic) bond motifs is 1. The Morgan fingerprint density at radius 2 is 2.33 bits per heavy atom. The molecule has 2 nitrogen and oxygen atoms in total. The van der Waals surface area contributed by atoms with Gasteiger partial charge in [-0.25, -0.2) is 0 Å². The average molecular weight is 284 g/mol. The Kier molecular flexibility index (Phi) is 3.55. The van der Waals surface area contributed by atoms with Crippen LogP contribution in [-0.4, -0.2) is 37.7 Å². The standard InChI is InChI=1S/C19H26NO/c1-21-13-12-20-11-10-19-9-5-4-8-17(19)18(20)14-15-6-2-3-7-16(15)19/h2,6-7,17-18H,4-5,8-14H2,1H3/t17-,18+,19-/m0/s1. The molecule has 1 radical (unpaired) electrons. The first kappa shape index (κ1) is 13.8. The summed E-state index contributed by atoms with van der Waals surface area (Å²) < 4.78 is 5.34. The van der Waals surface area contributed by atoms with Crippen molar-refractivity contribution in [2.75, 3.05) is 26.8 Å². The van der Waals surface area contributed by atoms with Crippen molar-refractivity contribution >= 4 is 0 Å². The number of benzene rings is 1. The van der Waals surface area contributed by atoms with Gasteiger partial charge in [0.05, 0.1) is 6.61 Å². The van der Waals surface area contributed by atoms with Crippen LogP contribution in [0.3, 0.4) is 0 Å². The van der Waals surface area contributed by atoms with E-state index in [1.807, 2.05) is 7.11 Å². The lowest BCUT2D eigenvalue weighted by Gasteiger charge is -2.59. The molecule has 0 spiro atoms. The molecule has 1 aromatic rings. The minimum absolute atomic E-state index is 0.470. The van der Waals surface area contributed by atoms with Gasteiger partial charge in [-0.1, -0.05) is 31.0 Å². The van der Waals surface area contributed by atoms with Gasteiger partial charge >= 0.3 is 0 Å². The molecule has 21 heavy (non-hydrogen) atoms. The summed E-state index contributed by atoms with van der Waals surface area (Å²) in [7, 11) is 1.82. The number of nitrogens with zero attached hydrogens (tertiary/aromatic N) is 1. The molecule has 0 aromatic heterocycles. The molecular weight excluding hydrogens is 258 g/mol. The fourth-order valence-electron chi connectivity index (χ4n) is 5.46. The highest BCUT2D eigenvalue weighted by Gasteiger charge is 2.53. The maximum Gasteiger partial charge on any atom is 0.0589 e. The van der Waals surface area contributed by atoms with E-state index in [0.717, 1.165) is 25.1 Å². The lowest BCUT2D eigenvalue weighted by atomic mass is 9.52. The zero-order valence-corrected chi connectivity index (χ0v) is 13.1. The van der Waals surface area contributed by atoms with E-state index in [9.17, 15) is 0 Å². The van der Waals surface area contributed by atoms with Crippen molar-refractivity contribution in [3.8, 4) is 0 Å². The molecule has 0 amide bonds. The van der Waals surface area contributed by atoms with Crippen molar-refractivity contribution < 1.29 is 4.74 Å². The smallest absolute Gasteiger partial charge is 0.0589 e. The molecule has 1 saturated carbocycles. The van der Waals surface area contributed by atoms with Crippen LogP contribution in [0.15, 0.2) is 18.2 Å². The summed E-state index contributed by atoms with van der Waals surface area (Å²) in [4.78, 5) is 2.72. The van der Waals surface area contributed by atoms with Gasteiger partial charge < -0.3 is 4.74 Å². The van der Waals surface area contributed by atoms with Gasteiger partial charge in [-0.05, 0) is 55.3 Å². The molecule has 2 fully saturated rings. The third-order valence-corrected chi connectivity index (χ3v) is 6.38.